The summed E-state index contributed by atoms with van der Waals surface area (Å²) in [4.78, 5) is 133. The van der Waals surface area contributed by atoms with Crippen molar-refractivity contribution < 1.29 is 91.4 Å². The van der Waals surface area contributed by atoms with Gasteiger partial charge in [0.05, 0.1) is 12.1 Å². The molecule has 32 nitrogen and oxygen atoms in total. The summed E-state index contributed by atoms with van der Waals surface area (Å²) in [6, 6.07) is 26.0. The van der Waals surface area contributed by atoms with Crippen LogP contribution in [0.3, 0.4) is 0 Å². The van der Waals surface area contributed by atoms with E-state index in [1.165, 1.54) is 9.80 Å². The third-order valence-corrected chi connectivity index (χ3v) is 25.1. The van der Waals surface area contributed by atoms with Gasteiger partial charge in [0.25, 0.3) is 23.6 Å². The first-order chi connectivity index (χ1) is 58.0. The van der Waals surface area contributed by atoms with Crippen molar-refractivity contribution in [2.75, 3.05) is 59.2 Å². The summed E-state index contributed by atoms with van der Waals surface area (Å²) in [5.74, 6) is 0.290. The van der Waals surface area contributed by atoms with Gasteiger partial charge in [-0.25, -0.2) is 14.4 Å². The maximum Gasteiger partial charge on any atom is 0.411 e. The van der Waals surface area contributed by atoms with Crippen molar-refractivity contribution in [1.82, 2.24) is 63.0 Å². The van der Waals surface area contributed by atoms with E-state index in [1.807, 2.05) is 20.8 Å². The molecule has 4 aromatic rings. The van der Waals surface area contributed by atoms with Crippen LogP contribution in [0.1, 0.15) is 183 Å². The average Bonchev–Trinajstić information content (AvgIpc) is 0.724. The van der Waals surface area contributed by atoms with Gasteiger partial charge in [0.2, 0.25) is 17.7 Å². The summed E-state index contributed by atoms with van der Waals surface area (Å²) in [5.41, 5.74) is 3.64. The van der Waals surface area contributed by atoms with Crippen LogP contribution in [0.15, 0.2) is 97.1 Å². The molecule has 8 bridgehead atoms. The topological polar surface area (TPSA) is 436 Å². The van der Waals surface area contributed by atoms with Gasteiger partial charge in [0.1, 0.15) is 52.3 Å². The zero-order valence-electron chi connectivity index (χ0n) is 71.6. The van der Waals surface area contributed by atoms with Gasteiger partial charge in [-0.1, -0.05) is 46.4 Å². The van der Waals surface area contributed by atoms with Crippen LogP contribution in [0.25, 0.3) is 0 Å². The summed E-state index contributed by atoms with van der Waals surface area (Å²) in [7, 11) is 0. The van der Waals surface area contributed by atoms with E-state index in [9.17, 15) is 52.7 Å². The Kier molecular flexibility index (Phi) is 33.9. The van der Waals surface area contributed by atoms with Crippen molar-refractivity contribution in [3.8, 4) is 23.0 Å². The Morgan fingerprint density at radius 1 is 0.365 bits per heavy atom. The number of amides is 9. The third-order valence-electron chi connectivity index (χ3n) is 24.1. The number of halogens is 7. The molecule has 694 valence electrons. The van der Waals surface area contributed by atoms with Crippen LogP contribution in [-0.4, -0.2) is 230 Å². The van der Waals surface area contributed by atoms with Gasteiger partial charge in [0.15, 0.2) is 26.4 Å². The number of aliphatic carboxylic acids is 2. The van der Waals surface area contributed by atoms with Crippen LogP contribution in [-0.2, 0) is 52.6 Å². The molecule has 5 saturated heterocycles. The number of ether oxygens (including phenoxy) is 6. The van der Waals surface area contributed by atoms with Crippen LogP contribution in [0, 0.1) is 0 Å². The van der Waals surface area contributed by atoms with E-state index in [0.29, 0.717) is 88.3 Å². The number of benzene rings is 4. The van der Waals surface area contributed by atoms with Gasteiger partial charge >= 0.3 is 24.1 Å². The minimum Gasteiger partial charge on any atom is -0.484 e. The summed E-state index contributed by atoms with van der Waals surface area (Å²) >= 11 is 23.2. The first-order valence-electron chi connectivity index (χ1n) is 42.2. The van der Waals surface area contributed by atoms with Crippen molar-refractivity contribution in [1.29, 1.82) is 0 Å². The third kappa shape index (κ3) is 26.9. The zero-order valence-corrected chi connectivity index (χ0v) is 77.1. The number of hydrogen-bond acceptors (Lipinski definition) is 21. The number of nitrogens with one attached hydrogen (secondary N) is 10. The Labute approximate surface area is 772 Å². The highest BCUT2D eigenvalue weighted by molar-refractivity contribution is 6.31. The van der Waals surface area contributed by atoms with Crippen LogP contribution < -0.4 is 77.8 Å². The monoisotopic (exact) mass is 1890 g/mol. The first kappa shape index (κ1) is 101. The van der Waals surface area contributed by atoms with E-state index in [2.05, 4.69) is 53.2 Å². The quantitative estimate of drug-likeness (QED) is 0.0310. The van der Waals surface area contributed by atoms with E-state index in [0.717, 1.165) is 129 Å². The number of carbonyl (C=O) groups excluding carboxylic acids is 9. The summed E-state index contributed by atoms with van der Waals surface area (Å²) < 4.78 is 32.4. The van der Waals surface area contributed by atoms with Crippen molar-refractivity contribution in [3.63, 3.8) is 0 Å². The van der Waals surface area contributed by atoms with Crippen LogP contribution >= 0.6 is 83.6 Å². The lowest BCUT2D eigenvalue weighted by atomic mass is 9.44. The minimum atomic E-state index is -0.960. The molecule has 5 heterocycles. The largest absolute Gasteiger partial charge is 0.484 e. The molecule has 12 aliphatic carbocycles. The van der Waals surface area contributed by atoms with E-state index < -0.39 is 47.4 Å². The minimum absolute atomic E-state index is 0. The molecule has 126 heavy (non-hydrogen) atoms. The molecular weight excluding hydrogens is 1780 g/mol. The molecule has 5 aliphatic heterocycles. The number of carbonyl (C=O) groups is 11. The Balaban J connectivity index is 0.000000176. The number of nitrogens with two attached hydrogens (primary N) is 1. The SMILES string of the molecule is CC(C)(C)OC(=O)N1CCCC1C(=O)NC12CC(NC(=O)COc3ccc(Cl)cc3)(C1)C2.CC(C)(C)OC(=O)N1CCCC1C(=O)O.Cl.Cl.Cl.NC12CC(NC(=O)COc3ccc(Cl)cc3)(C1)C2.O=C(COc1ccc(Cl)cc1)NC12CC(NC(=O)C3CCCN3)(C1)C2.O=C(COc1ccc(Cl)cc1)NC12CC(NC(=O)C3CCCN3)(C1)C2.O=C(O)C1CCCN1. The number of hydrogen-bond donors (Lipinski definition) is 13. The van der Waals surface area contributed by atoms with Crippen molar-refractivity contribution in [2.24, 2.45) is 5.73 Å². The van der Waals surface area contributed by atoms with E-state index in [1.54, 1.807) is 118 Å². The molecule has 0 radical (unpaired) electrons. The lowest BCUT2D eigenvalue weighted by Gasteiger charge is -2.70. The van der Waals surface area contributed by atoms with Gasteiger partial charge in [-0.15, -0.1) is 37.2 Å². The van der Waals surface area contributed by atoms with Gasteiger partial charge in [-0.2, -0.15) is 0 Å². The predicted molar refractivity (Wildman–Crippen MR) is 478 cm³/mol. The second-order valence-electron chi connectivity index (χ2n) is 37.4. The van der Waals surface area contributed by atoms with Crippen LogP contribution in [0.5, 0.6) is 23.0 Å². The molecule has 0 aromatic heterocycles. The maximum atomic E-state index is 12.9. The second kappa shape index (κ2) is 42.1. The van der Waals surface area contributed by atoms with Crippen molar-refractivity contribution in [3.05, 3.63) is 117 Å². The Bertz CT molecular complexity index is 4310. The fourth-order valence-electron chi connectivity index (χ4n) is 19.1. The molecule has 17 fully saturated rings. The number of rotatable bonds is 24. The number of carboxylic acids is 2. The second-order valence-corrected chi connectivity index (χ2v) is 39.1. The molecule has 5 atom stereocenters. The van der Waals surface area contributed by atoms with E-state index in [4.69, 9.17) is 90.8 Å². The Morgan fingerprint density at radius 3 is 0.865 bits per heavy atom. The summed E-state index contributed by atoms with van der Waals surface area (Å²) in [6.07, 6.45) is 17.0. The van der Waals surface area contributed by atoms with Gasteiger partial charge in [-0.05, 0) is 299 Å². The normalized spacial score (nSPS) is 28.9. The molecule has 21 rings (SSSR count). The maximum absolute atomic E-state index is 12.9. The van der Waals surface area contributed by atoms with Crippen molar-refractivity contribution in [2.45, 2.75) is 269 Å². The number of carboxylic acid groups (broad SMARTS) is 2. The molecule has 0 spiro atoms. The first-order valence-corrected chi connectivity index (χ1v) is 43.7. The Hall–Kier alpha value is -8.28. The summed E-state index contributed by atoms with van der Waals surface area (Å²) in [6.45, 7) is 14.3. The summed E-state index contributed by atoms with van der Waals surface area (Å²) in [5, 5.41) is 50.6. The highest BCUT2D eigenvalue weighted by atomic mass is 35.5. The van der Waals surface area contributed by atoms with E-state index >= 15 is 0 Å². The average molecular weight is 1900 g/mol. The van der Waals surface area contributed by atoms with Gasteiger partial charge < -0.3 is 97.5 Å². The van der Waals surface area contributed by atoms with Gasteiger partial charge in [0, 0.05) is 77.5 Å². The fourth-order valence-corrected chi connectivity index (χ4v) is 19.6. The zero-order chi connectivity index (χ0) is 88.6. The molecule has 4 aromatic carbocycles. The molecular formula is C87H118Cl7N13O19. The fraction of sp³-hybridized carbons (Fsp3) is 0.598. The lowest BCUT2D eigenvalue weighted by molar-refractivity contribution is -0.153. The predicted octanol–water partition coefficient (Wildman–Crippen LogP) is 9.81. The smallest absolute Gasteiger partial charge is 0.411 e. The van der Waals surface area contributed by atoms with Crippen molar-refractivity contribution >= 4 is 149 Å². The van der Waals surface area contributed by atoms with Crippen LogP contribution in [0.2, 0.25) is 20.1 Å². The standard InChI is InChI=1S/C23H30ClN3O5.2C18H22ClN3O3.C13H15ClN2O2.C10H17NO4.C5H9NO2.3ClH/c1-21(2,3)32-20(30)27-10-4-5-17(27)19(29)26-23-12-22(13-23,14-23)25-18(28)11-31-16-8-6-15(24)7-9-16;2*19-12-3-5-13(6-4-12)25-8-15(23)21-17-9-18(10-17,11-17)22-16(24)14-2-1-7-20-14;14-9-1-3-10(4-2-9)18-5-11(17)16-13-6-12(15,7-13)8-13;1-10(2,3)15-9(14)11-6-4-5-7(11)8(12)13;7-5(8)4-2-1-3-6-4;;;/h6-9,17H,4-5,10-14H2,1-3H3,(H,25,28)(H,26,29);2*3-6,14,20H,1-2,7-11H2,(H,21,23)(H,22,24);1-4H,5-8,15H2,(H,16,17);7H,4-6H2,1-3H3,(H,12,13);4,6H,1-3H2,(H,7,8);3*1H. The molecule has 5 unspecified atom stereocenters. The van der Waals surface area contributed by atoms with E-state index in [-0.39, 0.29) is 167 Å². The Morgan fingerprint density at radius 2 is 0.619 bits per heavy atom. The van der Waals surface area contributed by atoms with Gasteiger partial charge in [-0.3, -0.25) is 48.2 Å². The molecule has 17 aliphatic rings. The number of nitrogens with zero attached hydrogens (tertiary/aromatic N) is 2. The molecule has 9 amide bonds. The number of likely N-dealkylation sites (tertiary alicyclic amines) is 2. The lowest BCUT2D eigenvalue weighted by Crippen LogP contribution is -2.84. The van der Waals surface area contributed by atoms with Crippen LogP contribution in [0.4, 0.5) is 9.59 Å². The molecule has 14 N–H and O–H groups in total. The highest BCUT2D eigenvalue weighted by Gasteiger charge is 2.72. The molecule has 12 saturated carbocycles. The molecule has 39 heteroatoms. The highest BCUT2D eigenvalue weighted by Crippen LogP contribution is 2.63.